The first-order valence-electron chi connectivity index (χ1n) is 5.79. The first-order chi connectivity index (χ1) is 7.65. The molecular formula is C13H20N2O. The maximum Gasteiger partial charge on any atom is 0.224 e. The summed E-state index contributed by atoms with van der Waals surface area (Å²) in [5.74, 6) is 0.0648. The number of anilines is 1. The smallest absolute Gasteiger partial charge is 0.224 e. The quantitative estimate of drug-likeness (QED) is 0.801. The molecule has 16 heavy (non-hydrogen) atoms. The van der Waals surface area contributed by atoms with Crippen LogP contribution in [-0.4, -0.2) is 5.91 Å². The average Bonchev–Trinajstić information content (AvgIpc) is 2.27. The molecule has 3 heteroatoms. The molecule has 0 saturated heterocycles. The van der Waals surface area contributed by atoms with Crippen molar-refractivity contribution in [2.24, 2.45) is 5.73 Å². The van der Waals surface area contributed by atoms with Gasteiger partial charge in [0.15, 0.2) is 0 Å². The number of nitrogens with one attached hydrogen (secondary N) is 1. The van der Waals surface area contributed by atoms with Gasteiger partial charge in [0.05, 0.1) is 0 Å². The molecule has 0 aliphatic carbocycles. The number of nitrogens with two attached hydrogens (primary N) is 1. The zero-order valence-electron chi connectivity index (χ0n) is 9.99. The highest BCUT2D eigenvalue weighted by Gasteiger charge is 2.08. The van der Waals surface area contributed by atoms with Crippen LogP contribution in [0.5, 0.6) is 0 Å². The van der Waals surface area contributed by atoms with Crippen molar-refractivity contribution in [3.05, 3.63) is 29.8 Å². The third-order valence-electron chi connectivity index (χ3n) is 2.48. The van der Waals surface area contributed by atoms with Gasteiger partial charge in [0.25, 0.3) is 0 Å². The van der Waals surface area contributed by atoms with Crippen LogP contribution in [0.1, 0.15) is 44.7 Å². The van der Waals surface area contributed by atoms with Crippen molar-refractivity contribution in [2.75, 3.05) is 5.32 Å². The van der Waals surface area contributed by atoms with Crippen LogP contribution in [0.4, 0.5) is 5.69 Å². The number of unbranched alkanes of at least 4 members (excludes halogenated alkanes) is 1. The van der Waals surface area contributed by atoms with Crippen molar-refractivity contribution in [2.45, 2.75) is 39.2 Å². The third kappa shape index (κ3) is 3.66. The minimum atomic E-state index is -0.0670. The summed E-state index contributed by atoms with van der Waals surface area (Å²) in [5, 5.41) is 2.91. The summed E-state index contributed by atoms with van der Waals surface area (Å²) in [5.41, 5.74) is 7.65. The van der Waals surface area contributed by atoms with Gasteiger partial charge in [0, 0.05) is 18.2 Å². The molecule has 0 heterocycles. The highest BCUT2D eigenvalue weighted by atomic mass is 16.1. The molecule has 3 N–H and O–H groups in total. The Labute approximate surface area is 97.0 Å². The Morgan fingerprint density at radius 1 is 1.44 bits per heavy atom. The molecule has 1 atom stereocenters. The van der Waals surface area contributed by atoms with Crippen LogP contribution in [0.3, 0.4) is 0 Å². The van der Waals surface area contributed by atoms with Crippen LogP contribution in [0.2, 0.25) is 0 Å². The van der Waals surface area contributed by atoms with Gasteiger partial charge in [-0.2, -0.15) is 0 Å². The Kier molecular flexibility index (Phi) is 4.99. The van der Waals surface area contributed by atoms with E-state index in [1.807, 2.05) is 31.2 Å². The van der Waals surface area contributed by atoms with Gasteiger partial charge in [0.1, 0.15) is 0 Å². The number of benzene rings is 1. The fourth-order valence-electron chi connectivity index (χ4n) is 1.56. The van der Waals surface area contributed by atoms with E-state index in [9.17, 15) is 4.79 Å². The largest absolute Gasteiger partial charge is 0.326 e. The first kappa shape index (κ1) is 12.7. The molecular weight excluding hydrogens is 200 g/mol. The first-order valence-corrected chi connectivity index (χ1v) is 5.79. The van der Waals surface area contributed by atoms with Crippen LogP contribution >= 0.6 is 0 Å². The molecule has 1 amide bonds. The zero-order chi connectivity index (χ0) is 12.0. The van der Waals surface area contributed by atoms with Crippen LogP contribution in [0.25, 0.3) is 0 Å². The molecule has 0 aliphatic rings. The molecule has 1 aromatic rings. The summed E-state index contributed by atoms with van der Waals surface area (Å²) in [7, 11) is 0. The Bertz CT molecular complexity index is 348. The molecule has 88 valence electrons. The molecule has 1 aromatic carbocycles. The number of carbonyl (C=O) groups is 1. The van der Waals surface area contributed by atoms with E-state index in [1.165, 1.54) is 0 Å². The van der Waals surface area contributed by atoms with Gasteiger partial charge in [-0.05, 0) is 25.0 Å². The molecule has 0 spiro atoms. The Morgan fingerprint density at radius 2 is 2.12 bits per heavy atom. The van der Waals surface area contributed by atoms with E-state index in [0.29, 0.717) is 6.42 Å². The van der Waals surface area contributed by atoms with Gasteiger partial charge < -0.3 is 11.1 Å². The van der Waals surface area contributed by atoms with Crippen molar-refractivity contribution in [3.63, 3.8) is 0 Å². The maximum atomic E-state index is 11.6. The van der Waals surface area contributed by atoms with Gasteiger partial charge in [-0.15, -0.1) is 0 Å². The Morgan fingerprint density at radius 3 is 2.75 bits per heavy atom. The molecule has 1 rings (SSSR count). The van der Waals surface area contributed by atoms with E-state index >= 15 is 0 Å². The molecule has 0 fully saturated rings. The minimum absolute atomic E-state index is 0.0648. The second-order valence-electron chi connectivity index (χ2n) is 4.03. The Balaban J connectivity index is 2.69. The SMILES string of the molecule is CCCCC(=O)Nc1ccccc1C(C)N. The number of amides is 1. The lowest BCUT2D eigenvalue weighted by Gasteiger charge is -2.13. The summed E-state index contributed by atoms with van der Waals surface area (Å²) in [6, 6.07) is 7.60. The number of rotatable bonds is 5. The van der Waals surface area contributed by atoms with E-state index in [-0.39, 0.29) is 11.9 Å². The summed E-state index contributed by atoms with van der Waals surface area (Å²) in [4.78, 5) is 11.6. The molecule has 0 aliphatic heterocycles. The van der Waals surface area contributed by atoms with Crippen LogP contribution in [0, 0.1) is 0 Å². The number of hydrogen-bond donors (Lipinski definition) is 2. The van der Waals surface area contributed by atoms with E-state index in [4.69, 9.17) is 5.73 Å². The molecule has 1 unspecified atom stereocenters. The van der Waals surface area contributed by atoms with Gasteiger partial charge in [0.2, 0.25) is 5.91 Å². The van der Waals surface area contributed by atoms with E-state index in [0.717, 1.165) is 24.1 Å². The fraction of sp³-hybridized carbons (Fsp3) is 0.462. The van der Waals surface area contributed by atoms with Crippen molar-refractivity contribution < 1.29 is 4.79 Å². The lowest BCUT2D eigenvalue weighted by Crippen LogP contribution is -2.15. The highest BCUT2D eigenvalue weighted by Crippen LogP contribution is 2.20. The van der Waals surface area contributed by atoms with Crippen LogP contribution in [-0.2, 0) is 4.79 Å². The Hall–Kier alpha value is -1.35. The molecule has 0 radical (unpaired) electrons. The predicted molar refractivity (Wildman–Crippen MR) is 67.2 cm³/mol. The monoisotopic (exact) mass is 220 g/mol. The topological polar surface area (TPSA) is 55.1 Å². The van der Waals surface area contributed by atoms with Crippen LogP contribution in [0.15, 0.2) is 24.3 Å². The minimum Gasteiger partial charge on any atom is -0.326 e. The van der Waals surface area contributed by atoms with Crippen molar-refractivity contribution in [1.82, 2.24) is 0 Å². The second kappa shape index (κ2) is 6.28. The summed E-state index contributed by atoms with van der Waals surface area (Å²) in [6.45, 7) is 3.99. The normalized spacial score (nSPS) is 12.2. The second-order valence-corrected chi connectivity index (χ2v) is 4.03. The summed E-state index contributed by atoms with van der Waals surface area (Å²) >= 11 is 0. The summed E-state index contributed by atoms with van der Waals surface area (Å²) in [6.07, 6.45) is 2.53. The summed E-state index contributed by atoms with van der Waals surface area (Å²) < 4.78 is 0. The number of para-hydroxylation sites is 1. The molecule has 0 aromatic heterocycles. The standard InChI is InChI=1S/C13H20N2O/c1-3-4-9-13(16)15-12-8-6-5-7-11(12)10(2)14/h5-8,10H,3-4,9,14H2,1-2H3,(H,15,16). The van der Waals surface area contributed by atoms with E-state index in [2.05, 4.69) is 12.2 Å². The van der Waals surface area contributed by atoms with Gasteiger partial charge in [-0.1, -0.05) is 31.5 Å². The van der Waals surface area contributed by atoms with Crippen molar-refractivity contribution in [1.29, 1.82) is 0 Å². The van der Waals surface area contributed by atoms with E-state index < -0.39 is 0 Å². The highest BCUT2D eigenvalue weighted by molar-refractivity contribution is 5.91. The van der Waals surface area contributed by atoms with Gasteiger partial charge in [-0.25, -0.2) is 0 Å². The average molecular weight is 220 g/mol. The zero-order valence-corrected chi connectivity index (χ0v) is 9.99. The fourth-order valence-corrected chi connectivity index (χ4v) is 1.56. The predicted octanol–water partition coefficient (Wildman–Crippen LogP) is 2.84. The maximum absolute atomic E-state index is 11.6. The molecule has 0 saturated carbocycles. The lowest BCUT2D eigenvalue weighted by molar-refractivity contribution is -0.116. The van der Waals surface area contributed by atoms with Gasteiger partial charge in [-0.3, -0.25) is 4.79 Å². The van der Waals surface area contributed by atoms with Crippen LogP contribution < -0.4 is 11.1 Å². The van der Waals surface area contributed by atoms with Crippen molar-refractivity contribution in [3.8, 4) is 0 Å². The number of carbonyl (C=O) groups excluding carboxylic acids is 1. The molecule has 0 bridgehead atoms. The number of hydrogen-bond acceptors (Lipinski definition) is 2. The lowest BCUT2D eigenvalue weighted by atomic mass is 10.1. The van der Waals surface area contributed by atoms with E-state index in [1.54, 1.807) is 0 Å². The molecule has 3 nitrogen and oxygen atoms in total. The van der Waals surface area contributed by atoms with Crippen molar-refractivity contribution >= 4 is 11.6 Å². The van der Waals surface area contributed by atoms with Gasteiger partial charge >= 0.3 is 0 Å². The third-order valence-corrected chi connectivity index (χ3v) is 2.48.